The van der Waals surface area contributed by atoms with Gasteiger partial charge in [0, 0.05) is 11.1 Å². The maximum Gasteiger partial charge on any atom is 0.424 e. The summed E-state index contributed by atoms with van der Waals surface area (Å²) in [6.07, 6.45) is -4.61. The Bertz CT molecular complexity index is 1610. The van der Waals surface area contributed by atoms with Gasteiger partial charge in [0.15, 0.2) is 16.7 Å². The summed E-state index contributed by atoms with van der Waals surface area (Å²) in [5, 5.41) is 22.0. The molecule has 2 heterocycles. The fraction of sp³-hybridized carbons (Fsp3) is 0.594. The quantitative estimate of drug-likeness (QED) is 0.237. The molecule has 3 atom stereocenters. The second-order valence-corrected chi connectivity index (χ2v) is 16.5. The molecule has 1 saturated carbocycles. The molecule has 1 aliphatic heterocycles. The fourth-order valence-corrected chi connectivity index (χ4v) is 6.01. The monoisotopic (exact) mass is 734 g/mol. The van der Waals surface area contributed by atoms with Crippen LogP contribution in [0.15, 0.2) is 24.3 Å². The van der Waals surface area contributed by atoms with Crippen molar-refractivity contribution in [1.29, 1.82) is 0 Å². The summed E-state index contributed by atoms with van der Waals surface area (Å²) in [5.74, 6) is -0.564. The molecule has 1 aromatic heterocycles. The number of aliphatic hydroxyl groups excluding tert-OH is 1. The highest BCUT2D eigenvalue weighted by atomic mass is 35.5. The molecule has 2 unspecified atom stereocenters. The number of ether oxygens (including phenoxy) is 3. The number of alkyl halides is 3. The molecule has 0 saturated heterocycles. The first-order chi connectivity index (χ1) is 22.5. The van der Waals surface area contributed by atoms with Crippen LogP contribution in [0.3, 0.4) is 0 Å². The number of fused-ring (bicyclic) bond motifs is 1. The summed E-state index contributed by atoms with van der Waals surface area (Å²) in [6, 6.07) is 4.96. The Hall–Kier alpha value is -3.18. The highest BCUT2D eigenvalue weighted by Gasteiger charge is 2.58. The van der Waals surface area contributed by atoms with E-state index in [1.807, 2.05) is 0 Å². The molecule has 4 N–H and O–H groups in total. The smallest absolute Gasteiger partial charge is 0.424 e. The zero-order valence-corrected chi connectivity index (χ0v) is 29.9. The van der Waals surface area contributed by atoms with Gasteiger partial charge in [-0.3, -0.25) is 9.69 Å². The van der Waals surface area contributed by atoms with Gasteiger partial charge >= 0.3 is 12.3 Å². The third-order valence-electron chi connectivity index (χ3n) is 7.55. The number of hydrogen-bond donors (Lipinski definition) is 4. The number of aromatic nitrogens is 1. The minimum absolute atomic E-state index is 0.00288. The molecule has 49 heavy (non-hydrogen) atoms. The SMILES string of the molecule is CC(C)(C)OC(=O)N1C[C@@](C)(NS(=O)C(C)(C)C)c2cc(C(O)(CNC(=O)c3ccc(OC4CC4)c(OCCO)c3)C(F)(F)F)nc(Cl)c21. The number of nitrogens with zero attached hydrogens (tertiary/aromatic N) is 2. The molecule has 1 aliphatic carbocycles. The maximum absolute atomic E-state index is 14.8. The predicted molar refractivity (Wildman–Crippen MR) is 176 cm³/mol. The van der Waals surface area contributed by atoms with E-state index in [9.17, 15) is 37.2 Å². The third-order valence-corrected chi connectivity index (χ3v) is 9.56. The van der Waals surface area contributed by atoms with E-state index in [-0.39, 0.29) is 48.4 Å². The lowest BCUT2D eigenvalue weighted by molar-refractivity contribution is -0.265. The van der Waals surface area contributed by atoms with Gasteiger partial charge in [-0.25, -0.2) is 18.7 Å². The topological polar surface area (TPSA) is 160 Å². The van der Waals surface area contributed by atoms with Crippen LogP contribution in [0, 0.1) is 0 Å². The van der Waals surface area contributed by atoms with Crippen molar-refractivity contribution in [2.75, 3.05) is 31.2 Å². The highest BCUT2D eigenvalue weighted by molar-refractivity contribution is 7.84. The zero-order chi connectivity index (χ0) is 36.7. The van der Waals surface area contributed by atoms with Gasteiger partial charge in [-0.2, -0.15) is 13.2 Å². The minimum Gasteiger partial charge on any atom is -0.487 e. The number of halogens is 4. The van der Waals surface area contributed by atoms with E-state index in [4.69, 9.17) is 25.8 Å². The average Bonchev–Trinajstić information content (AvgIpc) is 3.74. The molecule has 12 nitrogen and oxygen atoms in total. The second-order valence-electron chi connectivity index (χ2n) is 14.2. The Labute approximate surface area is 290 Å². The number of rotatable bonds is 11. The van der Waals surface area contributed by atoms with Crippen LogP contribution in [0.25, 0.3) is 0 Å². The van der Waals surface area contributed by atoms with Crippen LogP contribution in [-0.2, 0) is 26.9 Å². The Morgan fingerprint density at radius 1 is 1.12 bits per heavy atom. The van der Waals surface area contributed by atoms with Crippen molar-refractivity contribution in [2.45, 2.75) is 95.1 Å². The predicted octanol–water partition coefficient (Wildman–Crippen LogP) is 4.85. The molecular formula is C32H42ClF3N4O8S. The van der Waals surface area contributed by atoms with E-state index in [0.29, 0.717) is 5.75 Å². The Morgan fingerprint density at radius 2 is 1.78 bits per heavy atom. The summed E-state index contributed by atoms with van der Waals surface area (Å²) in [7, 11) is -1.78. The highest BCUT2D eigenvalue weighted by Crippen LogP contribution is 2.47. The van der Waals surface area contributed by atoms with Crippen molar-refractivity contribution in [1.82, 2.24) is 15.0 Å². The number of nitrogens with one attached hydrogen (secondary N) is 2. The maximum atomic E-state index is 14.8. The first kappa shape index (κ1) is 38.6. The summed E-state index contributed by atoms with van der Waals surface area (Å²) < 4.78 is 76.4. The van der Waals surface area contributed by atoms with E-state index in [1.54, 1.807) is 41.5 Å². The molecule has 17 heteroatoms. The fourth-order valence-electron chi connectivity index (χ4n) is 4.82. The number of benzene rings is 1. The largest absolute Gasteiger partial charge is 0.487 e. The first-order valence-corrected chi connectivity index (χ1v) is 17.1. The number of carbonyl (C=O) groups is 2. The lowest BCUT2D eigenvalue weighted by Crippen LogP contribution is -2.52. The van der Waals surface area contributed by atoms with Crippen LogP contribution in [0.1, 0.15) is 82.9 Å². The number of hydrogen-bond acceptors (Lipinski definition) is 9. The Balaban J connectivity index is 1.72. The van der Waals surface area contributed by atoms with Gasteiger partial charge in [0.05, 0.1) is 58.5 Å². The van der Waals surface area contributed by atoms with Crippen LogP contribution in [0.2, 0.25) is 5.15 Å². The number of carbonyl (C=O) groups excluding carboxylic acids is 2. The van der Waals surface area contributed by atoms with E-state index in [2.05, 4.69) is 15.0 Å². The van der Waals surface area contributed by atoms with Crippen molar-refractivity contribution in [2.24, 2.45) is 0 Å². The van der Waals surface area contributed by atoms with Crippen LogP contribution >= 0.6 is 11.6 Å². The molecule has 0 bridgehead atoms. The van der Waals surface area contributed by atoms with Crippen LogP contribution in [0.4, 0.5) is 23.7 Å². The molecule has 0 spiro atoms. The second kappa shape index (κ2) is 13.9. The van der Waals surface area contributed by atoms with E-state index >= 15 is 0 Å². The summed E-state index contributed by atoms with van der Waals surface area (Å²) >= 11 is 6.49. The average molecular weight is 735 g/mol. The lowest BCUT2D eigenvalue weighted by Gasteiger charge is -2.33. The molecule has 1 aromatic carbocycles. The van der Waals surface area contributed by atoms with Crippen molar-refractivity contribution in [3.63, 3.8) is 0 Å². The third kappa shape index (κ3) is 8.77. The van der Waals surface area contributed by atoms with E-state index in [0.717, 1.165) is 23.8 Å². The van der Waals surface area contributed by atoms with Gasteiger partial charge in [-0.15, -0.1) is 0 Å². The first-order valence-electron chi connectivity index (χ1n) is 15.5. The lowest BCUT2D eigenvalue weighted by atomic mass is 9.91. The molecule has 2 aromatic rings. The number of pyridine rings is 1. The van der Waals surface area contributed by atoms with Gasteiger partial charge in [0.1, 0.15) is 12.2 Å². The molecule has 4 rings (SSSR count). The Kier molecular flexibility index (Phi) is 10.9. The van der Waals surface area contributed by atoms with E-state index in [1.165, 1.54) is 25.1 Å². The van der Waals surface area contributed by atoms with Crippen molar-refractivity contribution < 1.29 is 51.4 Å². The standard InChI is InChI=1S/C32H42ClF3N4O8S/c1-28(2,3)48-27(43)40-17-30(7,39-49(45)29(4,5)6)20-15-23(38-25(33)24(20)40)31(44,32(34,35)36)16-37-26(42)18-8-11-21(47-19-9-10-19)22(14-18)46-13-12-41/h8,11,14-15,19,39,41,44H,9-10,12-13,16-17H2,1-7H3,(H,37,42)/t30-,31?,49?/m1/s1. The van der Waals surface area contributed by atoms with Gasteiger partial charge in [0.25, 0.3) is 5.91 Å². The van der Waals surface area contributed by atoms with Crippen molar-refractivity contribution in [3.8, 4) is 11.5 Å². The Morgan fingerprint density at radius 3 is 2.33 bits per heavy atom. The van der Waals surface area contributed by atoms with Gasteiger partial charge in [-0.05, 0) is 85.6 Å². The number of amides is 2. The molecule has 0 radical (unpaired) electrons. The summed E-state index contributed by atoms with van der Waals surface area (Å²) in [5.41, 5.74) is -7.31. The van der Waals surface area contributed by atoms with Gasteiger partial charge in [-0.1, -0.05) is 11.6 Å². The molecule has 1 fully saturated rings. The zero-order valence-electron chi connectivity index (χ0n) is 28.3. The van der Waals surface area contributed by atoms with Crippen LogP contribution in [-0.4, -0.2) is 80.3 Å². The molecular weight excluding hydrogens is 693 g/mol. The van der Waals surface area contributed by atoms with Crippen molar-refractivity contribution in [3.05, 3.63) is 46.2 Å². The van der Waals surface area contributed by atoms with Crippen LogP contribution in [0.5, 0.6) is 11.5 Å². The van der Waals surface area contributed by atoms with E-state index < -0.39 is 68.0 Å². The molecule has 272 valence electrons. The van der Waals surface area contributed by atoms with Gasteiger partial charge in [0.2, 0.25) is 5.60 Å². The molecule has 2 amide bonds. The normalized spacial score (nSPS) is 19.9. The number of aliphatic hydroxyl groups is 2. The molecule has 2 aliphatic rings. The van der Waals surface area contributed by atoms with Crippen LogP contribution < -0.4 is 24.4 Å². The summed E-state index contributed by atoms with van der Waals surface area (Å²) in [4.78, 5) is 31.4. The number of anilines is 1. The van der Waals surface area contributed by atoms with Gasteiger partial charge < -0.3 is 29.7 Å². The minimum atomic E-state index is -5.39. The van der Waals surface area contributed by atoms with Crippen molar-refractivity contribution >= 4 is 40.3 Å². The summed E-state index contributed by atoms with van der Waals surface area (Å²) in [6.45, 7) is 9.42.